The Morgan fingerprint density at radius 3 is 2.35 bits per heavy atom. The van der Waals surface area contributed by atoms with Crippen molar-refractivity contribution in [3.63, 3.8) is 0 Å². The van der Waals surface area contributed by atoms with Gasteiger partial charge in [0, 0.05) is 23.2 Å². The third-order valence-corrected chi connectivity index (χ3v) is 6.84. The van der Waals surface area contributed by atoms with Crippen molar-refractivity contribution in [2.75, 3.05) is 12.8 Å². The van der Waals surface area contributed by atoms with E-state index in [0.29, 0.717) is 15.1 Å². The minimum absolute atomic E-state index is 0.104. The van der Waals surface area contributed by atoms with Crippen LogP contribution in [0.15, 0.2) is 27.6 Å². The van der Waals surface area contributed by atoms with Crippen LogP contribution in [0, 0.1) is 0 Å². The second-order valence-corrected chi connectivity index (χ2v) is 8.18. The summed E-state index contributed by atoms with van der Waals surface area (Å²) in [4.78, 5) is 0.290. The second-order valence-electron chi connectivity index (χ2n) is 5.36. The van der Waals surface area contributed by atoms with Crippen LogP contribution in [0.5, 0.6) is 0 Å². The molecular weight excluding hydrogens is 340 g/mol. The van der Waals surface area contributed by atoms with Crippen LogP contribution in [0.2, 0.25) is 0 Å². The average Bonchev–Trinajstić information content (AvgIpc) is 2.66. The fourth-order valence-corrected chi connectivity index (χ4v) is 5.17. The molecule has 0 heterocycles. The maximum Gasteiger partial charge on any atom is 0.244 e. The van der Waals surface area contributed by atoms with Crippen molar-refractivity contribution in [3.8, 4) is 0 Å². The molecule has 1 aliphatic rings. The van der Waals surface area contributed by atoms with E-state index in [4.69, 9.17) is 5.73 Å². The number of sulfonamides is 1. The van der Waals surface area contributed by atoms with Gasteiger partial charge in [-0.05, 0) is 47.0 Å². The van der Waals surface area contributed by atoms with E-state index in [1.165, 1.54) is 17.1 Å². The number of rotatable bonds is 3. The molecule has 2 N–H and O–H groups in total. The molecular formula is C14H21BrN2O2S. The fourth-order valence-electron chi connectivity index (χ4n) is 2.70. The predicted molar refractivity (Wildman–Crippen MR) is 85.0 cm³/mol. The first-order valence-corrected chi connectivity index (χ1v) is 9.19. The Morgan fingerprint density at radius 1 is 1.20 bits per heavy atom. The molecule has 0 spiro atoms. The van der Waals surface area contributed by atoms with Crippen LogP contribution < -0.4 is 5.73 Å². The summed E-state index contributed by atoms with van der Waals surface area (Å²) in [5.74, 6) is 0. The van der Waals surface area contributed by atoms with E-state index in [9.17, 15) is 8.42 Å². The van der Waals surface area contributed by atoms with E-state index in [1.54, 1.807) is 25.2 Å². The zero-order chi connectivity index (χ0) is 14.8. The first kappa shape index (κ1) is 15.8. The van der Waals surface area contributed by atoms with Crippen molar-refractivity contribution in [3.05, 3.63) is 22.7 Å². The smallest absolute Gasteiger partial charge is 0.244 e. The summed E-state index contributed by atoms with van der Waals surface area (Å²) in [6, 6.07) is 4.93. The third-order valence-electron chi connectivity index (χ3n) is 3.95. The Bertz CT molecular complexity index is 567. The van der Waals surface area contributed by atoms with Crippen molar-refractivity contribution >= 4 is 31.6 Å². The largest absolute Gasteiger partial charge is 0.399 e. The molecule has 0 aromatic heterocycles. The Hall–Kier alpha value is -0.590. The molecule has 112 valence electrons. The van der Waals surface area contributed by atoms with Crippen molar-refractivity contribution in [1.82, 2.24) is 4.31 Å². The highest BCUT2D eigenvalue weighted by Gasteiger charge is 2.29. The minimum atomic E-state index is -3.47. The van der Waals surface area contributed by atoms with Gasteiger partial charge in [0.05, 0.1) is 4.90 Å². The van der Waals surface area contributed by atoms with Crippen LogP contribution in [0.1, 0.15) is 38.5 Å². The molecule has 1 saturated carbocycles. The highest BCUT2D eigenvalue weighted by atomic mass is 79.9. The van der Waals surface area contributed by atoms with Gasteiger partial charge in [0.25, 0.3) is 0 Å². The average molecular weight is 361 g/mol. The van der Waals surface area contributed by atoms with E-state index in [-0.39, 0.29) is 6.04 Å². The zero-order valence-electron chi connectivity index (χ0n) is 11.7. The molecule has 0 saturated heterocycles. The van der Waals surface area contributed by atoms with Gasteiger partial charge in [-0.2, -0.15) is 4.31 Å². The van der Waals surface area contributed by atoms with E-state index in [0.717, 1.165) is 25.7 Å². The molecule has 6 heteroatoms. The van der Waals surface area contributed by atoms with Gasteiger partial charge in [0.2, 0.25) is 10.0 Å². The lowest BCUT2D eigenvalue weighted by atomic mass is 10.1. The summed E-state index contributed by atoms with van der Waals surface area (Å²) in [6.07, 6.45) is 6.51. The molecule has 0 bridgehead atoms. The number of anilines is 1. The number of nitrogen functional groups attached to an aromatic ring is 1. The van der Waals surface area contributed by atoms with Gasteiger partial charge in [-0.15, -0.1) is 0 Å². The lowest BCUT2D eigenvalue weighted by Crippen LogP contribution is -2.36. The van der Waals surface area contributed by atoms with Gasteiger partial charge < -0.3 is 5.73 Å². The Labute approximate surface area is 129 Å². The van der Waals surface area contributed by atoms with Crippen LogP contribution in [-0.2, 0) is 10.0 Å². The molecule has 0 unspecified atom stereocenters. The molecule has 0 aliphatic heterocycles. The van der Waals surface area contributed by atoms with Gasteiger partial charge in [0.15, 0.2) is 0 Å². The first-order chi connectivity index (χ1) is 9.43. The van der Waals surface area contributed by atoms with Gasteiger partial charge in [-0.1, -0.05) is 25.7 Å². The minimum Gasteiger partial charge on any atom is -0.399 e. The maximum atomic E-state index is 12.7. The zero-order valence-corrected chi connectivity index (χ0v) is 14.1. The topological polar surface area (TPSA) is 63.4 Å². The number of hydrogen-bond acceptors (Lipinski definition) is 3. The third kappa shape index (κ3) is 3.35. The quantitative estimate of drug-likeness (QED) is 0.663. The molecule has 4 nitrogen and oxygen atoms in total. The molecule has 0 radical (unpaired) electrons. The fraction of sp³-hybridized carbons (Fsp3) is 0.571. The van der Waals surface area contributed by atoms with Crippen LogP contribution in [0.3, 0.4) is 0 Å². The summed E-state index contributed by atoms with van der Waals surface area (Å²) >= 11 is 3.30. The molecule has 0 amide bonds. The molecule has 1 aromatic rings. The molecule has 20 heavy (non-hydrogen) atoms. The summed E-state index contributed by atoms with van der Waals surface area (Å²) in [5, 5.41) is 0. The summed E-state index contributed by atoms with van der Waals surface area (Å²) in [6.45, 7) is 0. The summed E-state index contributed by atoms with van der Waals surface area (Å²) in [5.41, 5.74) is 6.22. The van der Waals surface area contributed by atoms with E-state index >= 15 is 0 Å². The standard InChI is InChI=1S/C14H21BrN2O2S/c1-17(12-6-4-2-3-5-7-12)20(18,19)14-9-8-11(16)10-13(14)15/h8-10,12H,2-7,16H2,1H3. The van der Waals surface area contributed by atoms with Crippen LogP contribution in [-0.4, -0.2) is 25.8 Å². The normalized spacial score (nSPS) is 18.1. The number of halogens is 1. The van der Waals surface area contributed by atoms with Gasteiger partial charge in [-0.3, -0.25) is 0 Å². The van der Waals surface area contributed by atoms with E-state index < -0.39 is 10.0 Å². The van der Waals surface area contributed by atoms with Gasteiger partial charge in [-0.25, -0.2) is 8.42 Å². The Morgan fingerprint density at radius 2 is 1.80 bits per heavy atom. The van der Waals surface area contributed by atoms with E-state index in [2.05, 4.69) is 15.9 Å². The Balaban J connectivity index is 2.28. The number of benzene rings is 1. The molecule has 2 rings (SSSR count). The molecule has 1 aromatic carbocycles. The molecule has 1 aliphatic carbocycles. The molecule has 0 atom stereocenters. The summed E-state index contributed by atoms with van der Waals surface area (Å²) in [7, 11) is -1.78. The second kappa shape index (κ2) is 6.45. The number of nitrogens with two attached hydrogens (primary N) is 1. The van der Waals surface area contributed by atoms with Gasteiger partial charge >= 0.3 is 0 Å². The van der Waals surface area contributed by atoms with Crippen LogP contribution >= 0.6 is 15.9 Å². The predicted octanol–water partition coefficient (Wildman–Crippen LogP) is 3.37. The van der Waals surface area contributed by atoms with E-state index in [1.807, 2.05) is 0 Å². The summed E-state index contributed by atoms with van der Waals surface area (Å²) < 4.78 is 27.5. The van der Waals surface area contributed by atoms with Crippen molar-refractivity contribution in [1.29, 1.82) is 0 Å². The van der Waals surface area contributed by atoms with Crippen molar-refractivity contribution in [2.24, 2.45) is 0 Å². The maximum absolute atomic E-state index is 12.7. The SMILES string of the molecule is CN(C1CCCCCC1)S(=O)(=O)c1ccc(N)cc1Br. The van der Waals surface area contributed by atoms with Crippen molar-refractivity contribution in [2.45, 2.75) is 49.5 Å². The lowest BCUT2D eigenvalue weighted by molar-refractivity contribution is 0.335. The van der Waals surface area contributed by atoms with Crippen LogP contribution in [0.25, 0.3) is 0 Å². The molecule has 1 fully saturated rings. The van der Waals surface area contributed by atoms with Gasteiger partial charge in [0.1, 0.15) is 0 Å². The Kier molecular flexibility index (Phi) is 5.09. The van der Waals surface area contributed by atoms with Crippen molar-refractivity contribution < 1.29 is 8.42 Å². The lowest BCUT2D eigenvalue weighted by Gasteiger charge is -2.26. The highest BCUT2D eigenvalue weighted by Crippen LogP contribution is 2.30. The van der Waals surface area contributed by atoms with Crippen LogP contribution in [0.4, 0.5) is 5.69 Å². The monoisotopic (exact) mass is 360 g/mol. The number of hydrogen-bond donors (Lipinski definition) is 1. The highest BCUT2D eigenvalue weighted by molar-refractivity contribution is 9.10. The number of nitrogens with zero attached hydrogens (tertiary/aromatic N) is 1. The first-order valence-electron chi connectivity index (χ1n) is 6.96.